The highest BCUT2D eigenvalue weighted by atomic mass is 16.2. The number of aryl methyl sites for hydroxylation is 2. The molecule has 0 aliphatic heterocycles. The van der Waals surface area contributed by atoms with Gasteiger partial charge in [0.15, 0.2) is 24.8 Å². The number of nitrogens with one attached hydrogen (secondary N) is 2. The van der Waals surface area contributed by atoms with Gasteiger partial charge in [-0.2, -0.15) is 9.13 Å². The average Bonchev–Trinajstić information content (AvgIpc) is 2.77. The summed E-state index contributed by atoms with van der Waals surface area (Å²) in [4.78, 5) is 25.2. The minimum absolute atomic E-state index is 0.114. The first kappa shape index (κ1) is 21.2. The van der Waals surface area contributed by atoms with Gasteiger partial charge in [0.25, 0.3) is 11.8 Å². The summed E-state index contributed by atoms with van der Waals surface area (Å²) in [6.07, 6.45) is 7.55. The minimum Gasteiger partial charge on any atom is -0.320 e. The van der Waals surface area contributed by atoms with Gasteiger partial charge in [0, 0.05) is 46.4 Å². The summed E-state index contributed by atoms with van der Waals surface area (Å²) >= 11 is 0. The van der Waals surface area contributed by atoms with Crippen molar-refractivity contribution in [2.45, 2.75) is 26.9 Å². The number of pyridine rings is 2. The van der Waals surface area contributed by atoms with Crippen LogP contribution in [0.1, 0.15) is 11.1 Å². The number of carbonyl (C=O) groups is 2. The topological polar surface area (TPSA) is 66.0 Å². The Kier molecular flexibility index (Phi) is 6.22. The minimum atomic E-state index is -0.114. The molecule has 2 aromatic heterocycles. The highest BCUT2D eigenvalue weighted by Crippen LogP contribution is 2.29. The normalized spacial score (nSPS) is 10.7. The smallest absolute Gasteiger partial charge is 0.290 e. The molecular formula is C26H26N4O2+2. The van der Waals surface area contributed by atoms with Crippen molar-refractivity contribution in [1.29, 1.82) is 0 Å². The molecule has 0 spiro atoms. The number of nitrogens with zero attached hydrogens (tertiary/aromatic N) is 2. The lowest BCUT2D eigenvalue weighted by Gasteiger charge is -2.11. The second kappa shape index (κ2) is 9.39. The van der Waals surface area contributed by atoms with Crippen LogP contribution >= 0.6 is 0 Å². The van der Waals surface area contributed by atoms with E-state index in [4.69, 9.17) is 0 Å². The number of benzene rings is 2. The van der Waals surface area contributed by atoms with Crippen molar-refractivity contribution in [2.24, 2.45) is 0 Å². The number of anilines is 2. The van der Waals surface area contributed by atoms with Crippen LogP contribution in [0.4, 0.5) is 11.4 Å². The van der Waals surface area contributed by atoms with Gasteiger partial charge >= 0.3 is 0 Å². The maximum Gasteiger partial charge on any atom is 0.290 e. The third kappa shape index (κ3) is 5.16. The first-order valence-electron chi connectivity index (χ1n) is 10.5. The van der Waals surface area contributed by atoms with Crippen molar-refractivity contribution in [3.63, 3.8) is 0 Å². The van der Waals surface area contributed by atoms with E-state index in [0.29, 0.717) is 11.4 Å². The number of rotatable bonds is 6. The molecule has 0 unspecified atom stereocenters. The molecule has 0 aliphatic carbocycles. The molecule has 0 atom stereocenters. The Morgan fingerprint density at radius 2 is 1.00 bits per heavy atom. The summed E-state index contributed by atoms with van der Waals surface area (Å²) in [5.74, 6) is -0.229. The standard InChI is InChI=1S/C26H24N4O2/c1-19-9-13-29(14-10-19)17-25(31)27-23-7-3-6-22-21(23)5-4-8-24(22)28-26(32)18-30-15-11-20(2)12-16-30/h3-16H,17-18H2,1-2H3/p+2. The molecule has 0 radical (unpaired) electrons. The van der Waals surface area contributed by atoms with E-state index in [9.17, 15) is 9.59 Å². The maximum absolute atomic E-state index is 12.6. The molecular weight excluding hydrogens is 400 g/mol. The fraction of sp³-hybridized carbons (Fsp3) is 0.154. The molecule has 0 aliphatic rings. The molecule has 2 N–H and O–H groups in total. The largest absolute Gasteiger partial charge is 0.320 e. The van der Waals surface area contributed by atoms with E-state index < -0.39 is 0 Å². The van der Waals surface area contributed by atoms with Crippen molar-refractivity contribution >= 4 is 34.0 Å². The Morgan fingerprint density at radius 1 is 0.625 bits per heavy atom. The van der Waals surface area contributed by atoms with Gasteiger partial charge in [-0.25, -0.2) is 0 Å². The predicted molar refractivity (Wildman–Crippen MR) is 124 cm³/mol. The Hall–Kier alpha value is -4.06. The summed E-state index contributed by atoms with van der Waals surface area (Å²) in [5.41, 5.74) is 3.71. The quantitative estimate of drug-likeness (QED) is 0.465. The van der Waals surface area contributed by atoms with Crippen LogP contribution in [-0.2, 0) is 22.7 Å². The maximum atomic E-state index is 12.6. The van der Waals surface area contributed by atoms with Crippen molar-refractivity contribution in [1.82, 2.24) is 0 Å². The summed E-state index contributed by atoms with van der Waals surface area (Å²) in [6, 6.07) is 19.2. The monoisotopic (exact) mass is 426 g/mol. The summed E-state index contributed by atoms with van der Waals surface area (Å²) in [7, 11) is 0. The Bertz CT molecular complexity index is 1160. The summed E-state index contributed by atoms with van der Waals surface area (Å²) < 4.78 is 3.67. The Morgan fingerprint density at radius 3 is 1.38 bits per heavy atom. The number of hydrogen-bond acceptors (Lipinski definition) is 2. The summed E-state index contributed by atoms with van der Waals surface area (Å²) in [6.45, 7) is 4.47. The van der Waals surface area contributed by atoms with Gasteiger partial charge in [-0.05, 0) is 37.1 Å². The lowest BCUT2D eigenvalue weighted by atomic mass is 10.1. The van der Waals surface area contributed by atoms with Crippen LogP contribution in [0.15, 0.2) is 85.5 Å². The molecule has 0 saturated heterocycles. The van der Waals surface area contributed by atoms with Crippen LogP contribution in [0.5, 0.6) is 0 Å². The zero-order chi connectivity index (χ0) is 22.5. The molecule has 2 heterocycles. The lowest BCUT2D eigenvalue weighted by molar-refractivity contribution is -0.684. The second-order valence-electron chi connectivity index (χ2n) is 7.90. The molecule has 6 nitrogen and oxygen atoms in total. The van der Waals surface area contributed by atoms with Gasteiger partial charge in [-0.3, -0.25) is 9.59 Å². The van der Waals surface area contributed by atoms with E-state index in [2.05, 4.69) is 10.6 Å². The second-order valence-corrected chi connectivity index (χ2v) is 7.90. The molecule has 4 aromatic rings. The third-order valence-corrected chi connectivity index (χ3v) is 5.24. The van der Waals surface area contributed by atoms with Gasteiger partial charge in [0.2, 0.25) is 13.1 Å². The molecule has 6 heteroatoms. The van der Waals surface area contributed by atoms with Crippen molar-refractivity contribution in [2.75, 3.05) is 10.6 Å². The molecule has 2 amide bonds. The number of amides is 2. The first-order valence-corrected chi connectivity index (χ1v) is 10.5. The Labute approximate surface area is 187 Å². The zero-order valence-electron chi connectivity index (χ0n) is 18.2. The van der Waals surface area contributed by atoms with E-state index in [1.165, 1.54) is 0 Å². The van der Waals surface area contributed by atoms with Crippen molar-refractivity contribution in [3.8, 4) is 0 Å². The zero-order valence-corrected chi connectivity index (χ0v) is 18.2. The highest BCUT2D eigenvalue weighted by molar-refractivity contribution is 6.08. The van der Waals surface area contributed by atoms with E-state index in [1.807, 2.05) is 108 Å². The van der Waals surface area contributed by atoms with Gasteiger partial charge < -0.3 is 10.6 Å². The van der Waals surface area contributed by atoms with Crippen LogP contribution in [0.3, 0.4) is 0 Å². The third-order valence-electron chi connectivity index (χ3n) is 5.24. The fourth-order valence-electron chi connectivity index (χ4n) is 3.51. The van der Waals surface area contributed by atoms with Crippen LogP contribution in [0, 0.1) is 13.8 Å². The van der Waals surface area contributed by atoms with Gasteiger partial charge in [0.05, 0.1) is 0 Å². The van der Waals surface area contributed by atoms with E-state index in [-0.39, 0.29) is 24.9 Å². The number of hydrogen-bond donors (Lipinski definition) is 2. The van der Waals surface area contributed by atoms with Crippen molar-refractivity contribution < 1.29 is 18.7 Å². The molecule has 160 valence electrons. The van der Waals surface area contributed by atoms with Crippen LogP contribution in [-0.4, -0.2) is 11.8 Å². The first-order chi connectivity index (χ1) is 15.5. The summed E-state index contributed by atoms with van der Waals surface area (Å²) in [5, 5.41) is 7.74. The Balaban J connectivity index is 1.50. The number of fused-ring (bicyclic) bond motifs is 1. The molecule has 4 rings (SSSR count). The van der Waals surface area contributed by atoms with E-state index in [1.54, 1.807) is 0 Å². The molecule has 0 saturated carbocycles. The van der Waals surface area contributed by atoms with E-state index in [0.717, 1.165) is 21.9 Å². The van der Waals surface area contributed by atoms with Gasteiger partial charge in [0.1, 0.15) is 0 Å². The average molecular weight is 427 g/mol. The molecule has 32 heavy (non-hydrogen) atoms. The van der Waals surface area contributed by atoms with Crippen molar-refractivity contribution in [3.05, 3.63) is 96.6 Å². The van der Waals surface area contributed by atoms with Crippen LogP contribution in [0.2, 0.25) is 0 Å². The lowest BCUT2D eigenvalue weighted by Crippen LogP contribution is -2.39. The van der Waals surface area contributed by atoms with E-state index >= 15 is 0 Å². The van der Waals surface area contributed by atoms with Gasteiger partial charge in [-0.1, -0.05) is 24.3 Å². The fourth-order valence-corrected chi connectivity index (χ4v) is 3.51. The number of aromatic nitrogens is 2. The molecule has 0 fully saturated rings. The van der Waals surface area contributed by atoms with Crippen LogP contribution < -0.4 is 19.8 Å². The van der Waals surface area contributed by atoms with Crippen LogP contribution in [0.25, 0.3) is 10.8 Å². The molecule has 0 bridgehead atoms. The highest BCUT2D eigenvalue weighted by Gasteiger charge is 2.14. The molecule has 2 aromatic carbocycles. The predicted octanol–water partition coefficient (Wildman–Crippen LogP) is 3.31. The van der Waals surface area contributed by atoms with Gasteiger partial charge in [-0.15, -0.1) is 0 Å². The SMILES string of the molecule is Cc1cc[n+](CC(=O)Nc2cccc3c(NC(=O)C[n+]4ccc(C)cc4)cccc23)cc1. The number of carbonyl (C=O) groups excluding carboxylic acids is 2.